The maximum absolute atomic E-state index is 12.8. The van der Waals surface area contributed by atoms with Gasteiger partial charge in [0.05, 0.1) is 4.34 Å². The summed E-state index contributed by atoms with van der Waals surface area (Å²) in [6, 6.07) is 3.65. The first-order valence-electron chi connectivity index (χ1n) is 10.2. The van der Waals surface area contributed by atoms with Crippen molar-refractivity contribution in [2.45, 2.75) is 48.0 Å². The van der Waals surface area contributed by atoms with Gasteiger partial charge in [-0.05, 0) is 63.9 Å². The van der Waals surface area contributed by atoms with Gasteiger partial charge in [0.2, 0.25) is 0 Å². The fourth-order valence-corrected chi connectivity index (χ4v) is 7.38. The van der Waals surface area contributed by atoms with E-state index in [4.69, 9.17) is 16.4 Å². The summed E-state index contributed by atoms with van der Waals surface area (Å²) in [5, 5.41) is 2.96. The Balaban J connectivity index is 1.30. The Labute approximate surface area is 186 Å². The third kappa shape index (κ3) is 4.53. The molecule has 0 bridgehead atoms. The monoisotopic (exact) mass is 474 g/mol. The first-order valence-corrected chi connectivity index (χ1v) is 12.8. The van der Waals surface area contributed by atoms with E-state index in [1.807, 2.05) is 0 Å². The van der Waals surface area contributed by atoms with Gasteiger partial charge in [-0.15, -0.1) is 11.3 Å². The van der Waals surface area contributed by atoms with Crippen molar-refractivity contribution in [3.63, 3.8) is 0 Å². The molecule has 0 aliphatic carbocycles. The van der Waals surface area contributed by atoms with Gasteiger partial charge in [0.1, 0.15) is 15.5 Å². The highest BCUT2D eigenvalue weighted by Gasteiger charge is 2.43. The Kier molecular flexibility index (Phi) is 6.43. The van der Waals surface area contributed by atoms with Crippen LogP contribution in [0, 0.1) is 0 Å². The third-order valence-corrected chi connectivity index (χ3v) is 9.76. The average Bonchev–Trinajstić information content (AvgIpc) is 3.44. The number of thiophene rings is 1. The molecule has 1 aromatic rings. The molecule has 2 fully saturated rings. The summed E-state index contributed by atoms with van der Waals surface area (Å²) in [6.45, 7) is 2.38. The lowest BCUT2D eigenvalue weighted by molar-refractivity contribution is -0.120. The molecule has 166 valence electrons. The van der Waals surface area contributed by atoms with Crippen molar-refractivity contribution in [3.8, 4) is 0 Å². The van der Waals surface area contributed by atoms with Crippen LogP contribution in [0.25, 0.3) is 0 Å². The van der Waals surface area contributed by atoms with Crippen LogP contribution in [-0.2, 0) is 19.7 Å². The fourth-order valence-electron chi connectivity index (χ4n) is 4.30. The van der Waals surface area contributed by atoms with Gasteiger partial charge in [0.25, 0.3) is 15.9 Å². The van der Waals surface area contributed by atoms with Crippen molar-refractivity contribution in [2.24, 2.45) is 0 Å². The molecule has 0 saturated carbocycles. The molecule has 30 heavy (non-hydrogen) atoms. The van der Waals surface area contributed by atoms with E-state index in [1.165, 1.54) is 23.2 Å². The second-order valence-corrected chi connectivity index (χ2v) is 12.0. The number of carbonyl (C=O) groups excluding carboxylic acids is 1. The standard InChI is InChI=1S/C19H27ClN4O4S2/c1-23-10-2-3-14(23)6-9-21-18(25)15-13-19(28-22-15)7-11-24(12-8-19)30(26,27)17-5-4-16(20)29-17/h4-5,13-14,22H,2-3,6-12H2,1H3,(H,21,25). The zero-order valence-corrected chi connectivity index (χ0v) is 19.3. The van der Waals surface area contributed by atoms with Gasteiger partial charge >= 0.3 is 0 Å². The Morgan fingerprint density at radius 3 is 2.77 bits per heavy atom. The lowest BCUT2D eigenvalue weighted by Crippen LogP contribution is -2.46. The zero-order valence-electron chi connectivity index (χ0n) is 16.9. The zero-order chi connectivity index (χ0) is 21.4. The van der Waals surface area contributed by atoms with E-state index >= 15 is 0 Å². The number of rotatable bonds is 6. The molecular weight excluding hydrogens is 448 g/mol. The summed E-state index contributed by atoms with van der Waals surface area (Å²) in [7, 11) is -1.43. The maximum atomic E-state index is 12.8. The molecule has 3 aliphatic rings. The summed E-state index contributed by atoms with van der Waals surface area (Å²) >= 11 is 6.95. The molecule has 1 amide bonds. The summed E-state index contributed by atoms with van der Waals surface area (Å²) in [4.78, 5) is 20.6. The van der Waals surface area contributed by atoms with Crippen LogP contribution in [0.1, 0.15) is 32.1 Å². The molecule has 3 aliphatic heterocycles. The molecule has 11 heteroatoms. The second-order valence-electron chi connectivity index (χ2n) is 8.11. The summed E-state index contributed by atoms with van der Waals surface area (Å²) in [5.41, 5.74) is 2.49. The SMILES string of the molecule is CN1CCCC1CCNC(=O)C1=CC2(CCN(S(=O)(=O)c3ccc(Cl)s3)CC2)ON1. The summed E-state index contributed by atoms with van der Waals surface area (Å²) in [5.74, 6) is -0.184. The molecule has 1 spiro atoms. The van der Waals surface area contributed by atoms with Crippen molar-refractivity contribution in [1.29, 1.82) is 0 Å². The number of halogens is 1. The molecule has 2 saturated heterocycles. The Hall–Kier alpha value is -1.17. The van der Waals surface area contributed by atoms with Crippen LogP contribution in [0.15, 0.2) is 28.1 Å². The van der Waals surface area contributed by atoms with E-state index in [0.717, 1.165) is 24.3 Å². The van der Waals surface area contributed by atoms with Gasteiger partial charge in [-0.2, -0.15) is 4.31 Å². The Morgan fingerprint density at radius 1 is 1.37 bits per heavy atom. The first kappa shape index (κ1) is 22.0. The number of amides is 1. The van der Waals surface area contributed by atoms with Crippen molar-refractivity contribution in [1.82, 2.24) is 20.0 Å². The van der Waals surface area contributed by atoms with Crippen LogP contribution < -0.4 is 10.8 Å². The van der Waals surface area contributed by atoms with Gasteiger partial charge in [0.15, 0.2) is 0 Å². The lowest BCUT2D eigenvalue weighted by Gasteiger charge is -2.35. The number of hydrogen-bond donors (Lipinski definition) is 2. The first-order chi connectivity index (χ1) is 14.3. The fraction of sp³-hybridized carbons (Fsp3) is 0.632. The minimum absolute atomic E-state index is 0.184. The van der Waals surface area contributed by atoms with Crippen LogP contribution in [0.4, 0.5) is 0 Å². The van der Waals surface area contributed by atoms with E-state index in [0.29, 0.717) is 48.6 Å². The van der Waals surface area contributed by atoms with Gasteiger partial charge in [0, 0.05) is 25.7 Å². The molecular formula is C19H27ClN4O4S2. The maximum Gasteiger partial charge on any atom is 0.269 e. The quantitative estimate of drug-likeness (QED) is 0.654. The molecule has 4 rings (SSSR count). The van der Waals surface area contributed by atoms with E-state index in [2.05, 4.69) is 22.7 Å². The minimum atomic E-state index is -3.55. The number of nitrogens with one attached hydrogen (secondary N) is 2. The lowest BCUT2D eigenvalue weighted by atomic mass is 9.92. The van der Waals surface area contributed by atoms with Crippen molar-refractivity contribution in [2.75, 3.05) is 33.2 Å². The minimum Gasteiger partial charge on any atom is -0.351 e. The highest BCUT2D eigenvalue weighted by molar-refractivity contribution is 7.91. The van der Waals surface area contributed by atoms with Crippen LogP contribution in [0.2, 0.25) is 4.34 Å². The smallest absolute Gasteiger partial charge is 0.269 e. The van der Waals surface area contributed by atoms with E-state index < -0.39 is 15.6 Å². The van der Waals surface area contributed by atoms with Crippen LogP contribution in [0.5, 0.6) is 0 Å². The summed E-state index contributed by atoms with van der Waals surface area (Å²) in [6.07, 6.45) is 6.07. The molecule has 1 aromatic heterocycles. The Morgan fingerprint density at radius 2 is 2.13 bits per heavy atom. The molecule has 0 aromatic carbocycles. The number of carbonyl (C=O) groups is 1. The van der Waals surface area contributed by atoms with Crippen molar-refractivity contribution < 1.29 is 18.0 Å². The highest BCUT2D eigenvalue weighted by Crippen LogP contribution is 2.35. The number of piperidine rings is 1. The van der Waals surface area contributed by atoms with E-state index in [9.17, 15) is 13.2 Å². The van der Waals surface area contributed by atoms with Gasteiger partial charge < -0.3 is 10.2 Å². The van der Waals surface area contributed by atoms with Crippen LogP contribution in [0.3, 0.4) is 0 Å². The molecule has 4 heterocycles. The van der Waals surface area contributed by atoms with Crippen LogP contribution in [-0.4, -0.2) is 68.4 Å². The number of hydroxylamine groups is 1. The molecule has 0 radical (unpaired) electrons. The van der Waals surface area contributed by atoms with Gasteiger partial charge in [-0.1, -0.05) is 11.6 Å². The number of sulfonamides is 1. The van der Waals surface area contributed by atoms with Crippen LogP contribution >= 0.6 is 22.9 Å². The van der Waals surface area contributed by atoms with Gasteiger partial charge in [-0.3, -0.25) is 15.1 Å². The number of nitrogens with zero attached hydrogens (tertiary/aromatic N) is 2. The molecule has 1 unspecified atom stereocenters. The third-order valence-electron chi connectivity index (χ3n) is 6.16. The predicted octanol–water partition coefficient (Wildman–Crippen LogP) is 1.94. The predicted molar refractivity (Wildman–Crippen MR) is 116 cm³/mol. The van der Waals surface area contributed by atoms with E-state index in [1.54, 1.807) is 12.1 Å². The van der Waals surface area contributed by atoms with Crippen molar-refractivity contribution in [3.05, 3.63) is 28.2 Å². The molecule has 8 nitrogen and oxygen atoms in total. The highest BCUT2D eigenvalue weighted by atomic mass is 35.5. The summed E-state index contributed by atoms with van der Waals surface area (Å²) < 4.78 is 27.7. The largest absolute Gasteiger partial charge is 0.351 e. The topological polar surface area (TPSA) is 91.0 Å². The molecule has 2 N–H and O–H groups in total. The Bertz CT molecular complexity index is 925. The van der Waals surface area contributed by atoms with Crippen molar-refractivity contribution >= 4 is 38.9 Å². The average molecular weight is 475 g/mol. The normalized spacial score (nSPS) is 24.7. The second kappa shape index (κ2) is 8.76. The number of likely N-dealkylation sites (tertiary alicyclic amines) is 1. The van der Waals surface area contributed by atoms with Gasteiger partial charge in [-0.25, -0.2) is 8.42 Å². The number of hydrogen-bond acceptors (Lipinski definition) is 7. The molecule has 1 atom stereocenters. The van der Waals surface area contributed by atoms with E-state index in [-0.39, 0.29) is 10.1 Å².